The number of benzene rings is 1. The van der Waals surface area contributed by atoms with E-state index in [1.165, 1.54) is 11.1 Å². The number of halogens is 1. The van der Waals surface area contributed by atoms with Crippen LogP contribution in [0.3, 0.4) is 0 Å². The highest BCUT2D eigenvalue weighted by molar-refractivity contribution is 5.49. The first-order valence-corrected chi connectivity index (χ1v) is 6.70. The first-order chi connectivity index (χ1) is 8.29. The Morgan fingerprint density at radius 2 is 1.76 bits per heavy atom. The summed E-state index contributed by atoms with van der Waals surface area (Å²) in [5.41, 5.74) is 2.64. The van der Waals surface area contributed by atoms with E-state index in [-0.39, 0.29) is 0 Å². The first-order valence-electron chi connectivity index (χ1n) is 6.70. The Morgan fingerprint density at radius 3 is 2.35 bits per heavy atom. The quantitative estimate of drug-likeness (QED) is 0.679. The van der Waals surface area contributed by atoms with E-state index in [0.29, 0.717) is 5.92 Å². The molecular weight excluding hydrogens is 211 g/mol. The molecule has 17 heavy (non-hydrogen) atoms. The zero-order valence-electron chi connectivity index (χ0n) is 10.5. The molecule has 0 spiro atoms. The van der Waals surface area contributed by atoms with Crippen LogP contribution in [-0.2, 0) is 0 Å². The fourth-order valence-corrected chi connectivity index (χ4v) is 2.52. The Hall–Kier alpha value is -1.11. The predicted octanol–water partition coefficient (Wildman–Crippen LogP) is 5.11. The van der Waals surface area contributed by atoms with Crippen LogP contribution in [0.15, 0.2) is 30.3 Å². The van der Waals surface area contributed by atoms with Crippen LogP contribution in [0, 0.1) is 0 Å². The molecule has 1 fully saturated rings. The van der Waals surface area contributed by atoms with E-state index in [2.05, 4.69) is 43.3 Å². The lowest BCUT2D eigenvalue weighted by atomic mass is 9.83. The second-order valence-electron chi connectivity index (χ2n) is 4.93. The van der Waals surface area contributed by atoms with Crippen molar-refractivity contribution in [2.24, 2.45) is 0 Å². The summed E-state index contributed by atoms with van der Waals surface area (Å²) in [5.74, 6) is 0.575. The lowest BCUT2D eigenvalue weighted by Gasteiger charge is -2.24. The fraction of sp³-hybridized carbons (Fsp3) is 0.500. The van der Waals surface area contributed by atoms with Crippen LogP contribution < -0.4 is 0 Å². The van der Waals surface area contributed by atoms with Crippen molar-refractivity contribution in [2.45, 2.75) is 51.1 Å². The smallest absolute Gasteiger partial charge is 0.100 e. The van der Waals surface area contributed by atoms with Gasteiger partial charge in [0.2, 0.25) is 0 Å². The highest BCUT2D eigenvalue weighted by atomic mass is 19.1. The monoisotopic (exact) mass is 232 g/mol. The standard InChI is InChI=1S/C16H21F/c1-2-3-4-13-5-7-14(8-6-13)15-9-11-16(17)12-10-15/h3-8,15-16H,2,9-12H2,1H3. The van der Waals surface area contributed by atoms with E-state index in [4.69, 9.17) is 0 Å². The van der Waals surface area contributed by atoms with Crippen molar-refractivity contribution in [3.8, 4) is 0 Å². The summed E-state index contributed by atoms with van der Waals surface area (Å²) in [6, 6.07) is 8.75. The summed E-state index contributed by atoms with van der Waals surface area (Å²) < 4.78 is 13.1. The second-order valence-corrected chi connectivity index (χ2v) is 4.93. The molecule has 1 aromatic rings. The molecule has 0 radical (unpaired) electrons. The maximum Gasteiger partial charge on any atom is 0.100 e. The average Bonchev–Trinajstić information content (AvgIpc) is 2.38. The van der Waals surface area contributed by atoms with E-state index in [1.807, 2.05) is 0 Å². The Kier molecular flexibility index (Phi) is 4.36. The van der Waals surface area contributed by atoms with Crippen molar-refractivity contribution >= 4 is 6.08 Å². The minimum absolute atomic E-state index is 0.557. The molecule has 1 aliphatic carbocycles. The molecule has 1 heteroatoms. The predicted molar refractivity (Wildman–Crippen MR) is 71.9 cm³/mol. The van der Waals surface area contributed by atoms with Gasteiger partial charge in [0.25, 0.3) is 0 Å². The van der Waals surface area contributed by atoms with Crippen molar-refractivity contribution in [1.29, 1.82) is 0 Å². The van der Waals surface area contributed by atoms with Crippen LogP contribution in [0.4, 0.5) is 4.39 Å². The number of allylic oxidation sites excluding steroid dienone is 1. The lowest BCUT2D eigenvalue weighted by molar-refractivity contribution is 0.235. The molecule has 0 saturated heterocycles. The largest absolute Gasteiger partial charge is 0.247 e. The third kappa shape index (κ3) is 3.42. The normalized spacial score (nSPS) is 25.3. The van der Waals surface area contributed by atoms with Crippen LogP contribution in [-0.4, -0.2) is 6.17 Å². The van der Waals surface area contributed by atoms with Gasteiger partial charge in [0, 0.05) is 0 Å². The summed E-state index contributed by atoms with van der Waals surface area (Å²) in [4.78, 5) is 0. The minimum atomic E-state index is -0.557. The Labute approximate surface area is 104 Å². The maximum atomic E-state index is 13.1. The molecule has 0 nitrogen and oxygen atoms in total. The van der Waals surface area contributed by atoms with Crippen molar-refractivity contribution in [3.05, 3.63) is 41.5 Å². The van der Waals surface area contributed by atoms with Gasteiger partial charge in [-0.05, 0) is 49.1 Å². The highest BCUT2D eigenvalue weighted by Gasteiger charge is 2.21. The van der Waals surface area contributed by atoms with E-state index in [9.17, 15) is 4.39 Å². The van der Waals surface area contributed by atoms with Crippen molar-refractivity contribution in [1.82, 2.24) is 0 Å². The molecule has 2 rings (SSSR count). The lowest BCUT2D eigenvalue weighted by Crippen LogP contribution is -2.13. The van der Waals surface area contributed by atoms with E-state index in [0.717, 1.165) is 32.1 Å². The second kappa shape index (κ2) is 6.00. The fourth-order valence-electron chi connectivity index (χ4n) is 2.52. The molecule has 0 N–H and O–H groups in total. The van der Waals surface area contributed by atoms with Crippen LogP contribution in [0.5, 0.6) is 0 Å². The summed E-state index contributed by atoms with van der Waals surface area (Å²) in [5, 5.41) is 0. The first kappa shape index (κ1) is 12.3. The zero-order valence-corrected chi connectivity index (χ0v) is 10.5. The third-order valence-corrected chi connectivity index (χ3v) is 3.61. The van der Waals surface area contributed by atoms with Gasteiger partial charge in [-0.3, -0.25) is 0 Å². The summed E-state index contributed by atoms with van der Waals surface area (Å²) in [6.45, 7) is 2.14. The Balaban J connectivity index is 2.00. The molecule has 0 aromatic heterocycles. The SMILES string of the molecule is CCC=Cc1ccc(C2CCC(F)CC2)cc1. The van der Waals surface area contributed by atoms with Gasteiger partial charge in [0.05, 0.1) is 0 Å². The van der Waals surface area contributed by atoms with Crippen LogP contribution in [0.2, 0.25) is 0 Å². The molecule has 1 aromatic carbocycles. The third-order valence-electron chi connectivity index (χ3n) is 3.61. The molecule has 0 amide bonds. The highest BCUT2D eigenvalue weighted by Crippen LogP contribution is 2.34. The Morgan fingerprint density at radius 1 is 1.12 bits per heavy atom. The van der Waals surface area contributed by atoms with Crippen LogP contribution in [0.25, 0.3) is 6.08 Å². The van der Waals surface area contributed by atoms with Crippen LogP contribution in [0.1, 0.15) is 56.1 Å². The Bertz CT molecular complexity index is 356. The minimum Gasteiger partial charge on any atom is -0.247 e. The van der Waals surface area contributed by atoms with Gasteiger partial charge >= 0.3 is 0 Å². The molecule has 92 valence electrons. The number of alkyl halides is 1. The van der Waals surface area contributed by atoms with Gasteiger partial charge < -0.3 is 0 Å². The topological polar surface area (TPSA) is 0 Å². The van der Waals surface area contributed by atoms with E-state index >= 15 is 0 Å². The summed E-state index contributed by atoms with van der Waals surface area (Å²) in [6.07, 6.45) is 8.33. The van der Waals surface area contributed by atoms with Gasteiger partial charge in [-0.2, -0.15) is 0 Å². The molecule has 0 heterocycles. The van der Waals surface area contributed by atoms with E-state index in [1.54, 1.807) is 0 Å². The molecule has 0 unspecified atom stereocenters. The van der Waals surface area contributed by atoms with Crippen molar-refractivity contribution < 1.29 is 4.39 Å². The van der Waals surface area contributed by atoms with Crippen molar-refractivity contribution in [3.63, 3.8) is 0 Å². The van der Waals surface area contributed by atoms with Gasteiger partial charge in [-0.25, -0.2) is 4.39 Å². The summed E-state index contributed by atoms with van der Waals surface area (Å²) in [7, 11) is 0. The number of hydrogen-bond acceptors (Lipinski definition) is 0. The molecular formula is C16H21F. The molecule has 1 aliphatic rings. The average molecular weight is 232 g/mol. The summed E-state index contributed by atoms with van der Waals surface area (Å²) >= 11 is 0. The van der Waals surface area contributed by atoms with Crippen LogP contribution >= 0.6 is 0 Å². The zero-order chi connectivity index (χ0) is 12.1. The van der Waals surface area contributed by atoms with Gasteiger partial charge in [-0.15, -0.1) is 0 Å². The molecule has 0 aliphatic heterocycles. The van der Waals surface area contributed by atoms with Gasteiger partial charge in [0.1, 0.15) is 6.17 Å². The van der Waals surface area contributed by atoms with E-state index < -0.39 is 6.17 Å². The van der Waals surface area contributed by atoms with Crippen molar-refractivity contribution in [2.75, 3.05) is 0 Å². The number of rotatable bonds is 3. The molecule has 0 bridgehead atoms. The van der Waals surface area contributed by atoms with Gasteiger partial charge in [-0.1, -0.05) is 43.3 Å². The number of hydrogen-bond donors (Lipinski definition) is 0. The molecule has 0 atom stereocenters. The maximum absolute atomic E-state index is 13.1. The molecule has 1 saturated carbocycles. The van der Waals surface area contributed by atoms with Gasteiger partial charge in [0.15, 0.2) is 0 Å².